The van der Waals surface area contributed by atoms with Crippen molar-refractivity contribution in [1.29, 1.82) is 0 Å². The molecule has 1 fully saturated rings. The molecular formula is C21H26N2O4S. The van der Waals surface area contributed by atoms with E-state index in [0.717, 1.165) is 12.8 Å². The lowest BCUT2D eigenvalue weighted by Crippen LogP contribution is -2.29. The molecule has 7 heteroatoms. The Bertz CT molecular complexity index is 950. The second kappa shape index (κ2) is 8.32. The SMILES string of the molecule is COc1c(NC(=O)c2ccccc2)ccc(S(=O)(=O)N2CCCC2)c1C(C)C. The Labute approximate surface area is 166 Å². The molecule has 0 aliphatic carbocycles. The standard InChI is InChI=1S/C21H26N2O4S/c1-15(2)19-18(28(25,26)23-13-7-8-14-23)12-11-17(20(19)27-3)22-21(24)16-9-5-4-6-10-16/h4-6,9-12,15H,7-8,13-14H2,1-3H3,(H,22,24). The van der Waals surface area contributed by atoms with Gasteiger partial charge in [-0.1, -0.05) is 32.0 Å². The van der Waals surface area contributed by atoms with Crippen molar-refractivity contribution in [3.05, 3.63) is 53.6 Å². The quantitative estimate of drug-likeness (QED) is 0.796. The second-order valence-electron chi connectivity index (χ2n) is 7.14. The Morgan fingerprint density at radius 2 is 1.71 bits per heavy atom. The molecular weight excluding hydrogens is 376 g/mol. The molecule has 0 unspecified atom stereocenters. The van der Waals surface area contributed by atoms with E-state index in [4.69, 9.17) is 4.74 Å². The Hall–Kier alpha value is -2.38. The molecule has 0 aromatic heterocycles. The molecule has 0 atom stereocenters. The summed E-state index contributed by atoms with van der Waals surface area (Å²) in [6.45, 7) is 4.91. The fourth-order valence-electron chi connectivity index (χ4n) is 3.52. The van der Waals surface area contributed by atoms with Gasteiger partial charge in [-0.3, -0.25) is 4.79 Å². The molecule has 150 valence electrons. The zero-order valence-electron chi connectivity index (χ0n) is 16.4. The highest BCUT2D eigenvalue weighted by Crippen LogP contribution is 2.40. The number of carbonyl (C=O) groups is 1. The number of amides is 1. The highest BCUT2D eigenvalue weighted by molar-refractivity contribution is 7.89. The van der Waals surface area contributed by atoms with Crippen LogP contribution in [0.1, 0.15) is 48.5 Å². The predicted molar refractivity (Wildman–Crippen MR) is 109 cm³/mol. The minimum atomic E-state index is -3.60. The van der Waals surface area contributed by atoms with Gasteiger partial charge in [0.05, 0.1) is 17.7 Å². The molecule has 0 saturated carbocycles. The summed E-state index contributed by atoms with van der Waals surface area (Å²) in [5.41, 5.74) is 1.56. The average Bonchev–Trinajstić information content (AvgIpc) is 3.23. The first kappa shape index (κ1) is 20.4. The fraction of sp³-hybridized carbons (Fsp3) is 0.381. The van der Waals surface area contributed by atoms with Gasteiger partial charge in [0.1, 0.15) is 5.75 Å². The second-order valence-corrected chi connectivity index (χ2v) is 9.05. The lowest BCUT2D eigenvalue weighted by molar-refractivity contribution is 0.102. The monoisotopic (exact) mass is 402 g/mol. The molecule has 0 radical (unpaired) electrons. The summed E-state index contributed by atoms with van der Waals surface area (Å²) in [7, 11) is -2.11. The van der Waals surface area contributed by atoms with E-state index in [-0.39, 0.29) is 16.7 Å². The van der Waals surface area contributed by atoms with E-state index in [1.54, 1.807) is 36.4 Å². The van der Waals surface area contributed by atoms with E-state index in [9.17, 15) is 13.2 Å². The van der Waals surface area contributed by atoms with Crippen molar-refractivity contribution >= 4 is 21.6 Å². The number of rotatable bonds is 6. The van der Waals surface area contributed by atoms with Crippen molar-refractivity contribution in [3.63, 3.8) is 0 Å². The minimum absolute atomic E-state index is 0.101. The van der Waals surface area contributed by atoms with Crippen LogP contribution in [-0.4, -0.2) is 38.8 Å². The molecule has 0 spiro atoms. The van der Waals surface area contributed by atoms with Gasteiger partial charge in [0.15, 0.2) is 0 Å². The number of ether oxygens (including phenoxy) is 1. The van der Waals surface area contributed by atoms with Crippen LogP contribution in [0.15, 0.2) is 47.4 Å². The van der Waals surface area contributed by atoms with Gasteiger partial charge >= 0.3 is 0 Å². The molecule has 1 aliphatic rings. The summed E-state index contributed by atoms with van der Waals surface area (Å²) in [5.74, 6) is 0.0132. The zero-order valence-corrected chi connectivity index (χ0v) is 17.3. The highest BCUT2D eigenvalue weighted by Gasteiger charge is 2.32. The van der Waals surface area contributed by atoms with Gasteiger partial charge in [-0.2, -0.15) is 4.31 Å². The van der Waals surface area contributed by atoms with E-state index in [1.165, 1.54) is 11.4 Å². The minimum Gasteiger partial charge on any atom is -0.494 e. The zero-order chi connectivity index (χ0) is 20.3. The molecule has 1 amide bonds. The third-order valence-electron chi connectivity index (χ3n) is 4.90. The molecule has 28 heavy (non-hydrogen) atoms. The van der Waals surface area contributed by atoms with Crippen molar-refractivity contribution in [2.45, 2.75) is 37.5 Å². The lowest BCUT2D eigenvalue weighted by Gasteiger charge is -2.23. The molecule has 1 aliphatic heterocycles. The van der Waals surface area contributed by atoms with E-state index >= 15 is 0 Å². The van der Waals surface area contributed by atoms with Crippen molar-refractivity contribution in [3.8, 4) is 5.75 Å². The lowest BCUT2D eigenvalue weighted by atomic mass is 10.0. The molecule has 3 rings (SSSR count). The van der Waals surface area contributed by atoms with Crippen molar-refractivity contribution in [2.24, 2.45) is 0 Å². The molecule has 1 saturated heterocycles. The van der Waals surface area contributed by atoms with Gasteiger partial charge in [-0.25, -0.2) is 8.42 Å². The maximum absolute atomic E-state index is 13.2. The number of hydrogen-bond donors (Lipinski definition) is 1. The largest absolute Gasteiger partial charge is 0.494 e. The summed E-state index contributed by atoms with van der Waals surface area (Å²) >= 11 is 0. The van der Waals surface area contributed by atoms with Crippen LogP contribution in [0.2, 0.25) is 0 Å². The summed E-state index contributed by atoms with van der Waals surface area (Å²) in [6.07, 6.45) is 1.75. The average molecular weight is 403 g/mol. The Morgan fingerprint density at radius 1 is 1.07 bits per heavy atom. The van der Waals surface area contributed by atoms with Crippen molar-refractivity contribution in [1.82, 2.24) is 4.31 Å². The van der Waals surface area contributed by atoms with Gasteiger partial charge in [0, 0.05) is 24.2 Å². The van der Waals surface area contributed by atoms with E-state index in [1.807, 2.05) is 19.9 Å². The number of benzene rings is 2. The van der Waals surface area contributed by atoms with Crippen LogP contribution >= 0.6 is 0 Å². The van der Waals surface area contributed by atoms with Crippen LogP contribution in [0, 0.1) is 0 Å². The predicted octanol–water partition coefficient (Wildman–Crippen LogP) is 3.86. The van der Waals surface area contributed by atoms with Crippen LogP contribution < -0.4 is 10.1 Å². The molecule has 2 aromatic rings. The Morgan fingerprint density at radius 3 is 2.29 bits per heavy atom. The number of methoxy groups -OCH3 is 1. The molecule has 6 nitrogen and oxygen atoms in total. The van der Waals surface area contributed by atoms with E-state index in [0.29, 0.717) is 35.7 Å². The first-order valence-electron chi connectivity index (χ1n) is 9.43. The maximum Gasteiger partial charge on any atom is 0.255 e. The summed E-state index contributed by atoms with van der Waals surface area (Å²) in [6, 6.07) is 12.0. The van der Waals surface area contributed by atoms with E-state index in [2.05, 4.69) is 5.32 Å². The number of hydrogen-bond acceptors (Lipinski definition) is 4. The van der Waals surface area contributed by atoms with Crippen LogP contribution in [0.3, 0.4) is 0 Å². The highest BCUT2D eigenvalue weighted by atomic mass is 32.2. The van der Waals surface area contributed by atoms with Gasteiger partial charge < -0.3 is 10.1 Å². The normalized spacial score (nSPS) is 15.0. The number of carbonyl (C=O) groups excluding carboxylic acids is 1. The summed E-state index contributed by atoms with van der Waals surface area (Å²) < 4.78 is 33.4. The van der Waals surface area contributed by atoms with Crippen LogP contribution in [0.4, 0.5) is 5.69 Å². The van der Waals surface area contributed by atoms with Gasteiger partial charge in [0.25, 0.3) is 5.91 Å². The fourth-order valence-corrected chi connectivity index (χ4v) is 5.39. The molecule has 1 heterocycles. The van der Waals surface area contributed by atoms with Crippen LogP contribution in [0.25, 0.3) is 0 Å². The van der Waals surface area contributed by atoms with E-state index < -0.39 is 10.0 Å². The van der Waals surface area contributed by atoms with Crippen LogP contribution in [0.5, 0.6) is 5.75 Å². The number of sulfonamides is 1. The molecule has 2 aromatic carbocycles. The third-order valence-corrected chi connectivity index (χ3v) is 6.86. The summed E-state index contributed by atoms with van der Waals surface area (Å²) in [4.78, 5) is 12.8. The number of anilines is 1. The third kappa shape index (κ3) is 3.91. The summed E-state index contributed by atoms with van der Waals surface area (Å²) in [5, 5.41) is 2.85. The molecule has 0 bridgehead atoms. The Kier molecular flexibility index (Phi) is 6.05. The first-order chi connectivity index (χ1) is 13.4. The maximum atomic E-state index is 13.2. The van der Waals surface area contributed by atoms with Gasteiger partial charge in [-0.15, -0.1) is 0 Å². The van der Waals surface area contributed by atoms with Crippen molar-refractivity contribution < 1.29 is 17.9 Å². The van der Waals surface area contributed by atoms with Crippen LogP contribution in [-0.2, 0) is 10.0 Å². The Balaban J connectivity index is 2.04. The van der Waals surface area contributed by atoms with Gasteiger partial charge in [-0.05, 0) is 43.0 Å². The van der Waals surface area contributed by atoms with Gasteiger partial charge in [0.2, 0.25) is 10.0 Å². The smallest absolute Gasteiger partial charge is 0.255 e. The topological polar surface area (TPSA) is 75.7 Å². The van der Waals surface area contributed by atoms with Crippen molar-refractivity contribution in [2.75, 3.05) is 25.5 Å². The molecule has 1 N–H and O–H groups in total. The first-order valence-corrected chi connectivity index (χ1v) is 10.9. The number of nitrogens with zero attached hydrogens (tertiary/aromatic N) is 1. The number of nitrogens with one attached hydrogen (secondary N) is 1.